The second-order valence-electron chi connectivity index (χ2n) is 5.86. The number of hydrogen-bond acceptors (Lipinski definition) is 3. The molecule has 0 saturated heterocycles. The lowest BCUT2D eigenvalue weighted by Gasteiger charge is -2.38. The fraction of sp³-hybridized carbons (Fsp3) is 0.412. The molecular weight excluding hydrogens is 262 g/mol. The molecule has 0 spiro atoms. The summed E-state index contributed by atoms with van der Waals surface area (Å²) >= 11 is 0. The largest absolute Gasteiger partial charge is 0.293 e. The topological polar surface area (TPSA) is 49.0 Å². The quantitative estimate of drug-likeness (QED) is 0.849. The number of carbonyl (C=O) groups is 1. The lowest BCUT2D eigenvalue weighted by molar-refractivity contribution is 0.0813. The molecule has 4 heteroatoms. The highest BCUT2D eigenvalue weighted by Gasteiger charge is 2.37. The van der Waals surface area contributed by atoms with Gasteiger partial charge in [0.2, 0.25) is 5.91 Å². The van der Waals surface area contributed by atoms with Crippen LogP contribution in [0, 0.1) is 11.3 Å². The van der Waals surface area contributed by atoms with Gasteiger partial charge in [0, 0.05) is 37.0 Å². The zero-order chi connectivity index (χ0) is 14.4. The van der Waals surface area contributed by atoms with Crippen LogP contribution in [0.15, 0.2) is 24.3 Å². The molecular formula is C17H17N3O. The number of fused-ring (bicyclic) bond motifs is 3. The summed E-state index contributed by atoms with van der Waals surface area (Å²) in [5.41, 5.74) is 3.59. The van der Waals surface area contributed by atoms with E-state index in [2.05, 4.69) is 17.0 Å². The molecule has 1 aromatic heterocycles. The van der Waals surface area contributed by atoms with Crippen LogP contribution in [-0.4, -0.2) is 28.5 Å². The summed E-state index contributed by atoms with van der Waals surface area (Å²) in [5.74, 6) is 0.214. The molecule has 0 bridgehead atoms. The second kappa shape index (κ2) is 4.71. The molecule has 1 atom stereocenters. The molecule has 0 amide bonds. The number of benzene rings is 1. The van der Waals surface area contributed by atoms with E-state index in [9.17, 15) is 4.79 Å². The highest BCUT2D eigenvalue weighted by molar-refractivity contribution is 5.97. The van der Waals surface area contributed by atoms with Gasteiger partial charge in [0.25, 0.3) is 0 Å². The summed E-state index contributed by atoms with van der Waals surface area (Å²) in [5, 5.41) is 10.1. The molecule has 1 unspecified atom stereocenters. The number of nitriles is 1. The SMILES string of the molecule is N#CCCN1CCc2c3n(c4ccccc24)C(=O)CCC31. The molecule has 0 saturated carbocycles. The Morgan fingerprint density at radius 2 is 2.14 bits per heavy atom. The molecule has 2 aromatic rings. The first kappa shape index (κ1) is 12.6. The number of rotatable bonds is 2. The Morgan fingerprint density at radius 3 is 3.00 bits per heavy atom. The molecule has 3 heterocycles. The van der Waals surface area contributed by atoms with Gasteiger partial charge in [-0.05, 0) is 24.5 Å². The maximum Gasteiger partial charge on any atom is 0.231 e. The molecule has 106 valence electrons. The first-order valence-electron chi connectivity index (χ1n) is 7.57. The average Bonchev–Trinajstić information content (AvgIpc) is 2.86. The van der Waals surface area contributed by atoms with Crippen molar-refractivity contribution >= 4 is 16.8 Å². The normalized spacial score (nSPS) is 21.3. The Kier molecular flexibility index (Phi) is 2.83. The maximum absolute atomic E-state index is 12.4. The van der Waals surface area contributed by atoms with E-state index in [4.69, 9.17) is 5.26 Å². The standard InChI is InChI=1S/C17H17N3O/c18-9-3-10-19-11-8-13-12-4-1-2-5-14(12)20-16(21)7-6-15(19)17(13)20/h1-2,4-5,15H,3,6-8,10-11H2. The van der Waals surface area contributed by atoms with Gasteiger partial charge in [-0.15, -0.1) is 0 Å². The van der Waals surface area contributed by atoms with Crippen molar-refractivity contribution in [3.05, 3.63) is 35.5 Å². The highest BCUT2D eigenvalue weighted by atomic mass is 16.2. The minimum Gasteiger partial charge on any atom is -0.293 e. The van der Waals surface area contributed by atoms with E-state index in [-0.39, 0.29) is 5.91 Å². The van der Waals surface area contributed by atoms with Crippen LogP contribution in [0.5, 0.6) is 0 Å². The Labute approximate surface area is 123 Å². The molecule has 2 aliphatic heterocycles. The third-order valence-corrected chi connectivity index (χ3v) is 4.82. The first-order chi connectivity index (χ1) is 10.3. The Morgan fingerprint density at radius 1 is 1.29 bits per heavy atom. The number of para-hydroxylation sites is 1. The molecule has 2 aliphatic rings. The number of hydrogen-bond donors (Lipinski definition) is 0. The zero-order valence-electron chi connectivity index (χ0n) is 11.9. The summed E-state index contributed by atoms with van der Waals surface area (Å²) in [7, 11) is 0. The number of carbonyl (C=O) groups excluding carboxylic acids is 1. The summed E-state index contributed by atoms with van der Waals surface area (Å²) in [6.07, 6.45) is 3.00. The van der Waals surface area contributed by atoms with Crippen LogP contribution in [0.4, 0.5) is 0 Å². The van der Waals surface area contributed by atoms with Gasteiger partial charge in [-0.3, -0.25) is 14.3 Å². The summed E-state index contributed by atoms with van der Waals surface area (Å²) in [6.45, 7) is 1.79. The minimum atomic E-state index is 0.214. The van der Waals surface area contributed by atoms with Crippen LogP contribution in [0.2, 0.25) is 0 Å². The van der Waals surface area contributed by atoms with E-state index >= 15 is 0 Å². The molecule has 4 nitrogen and oxygen atoms in total. The van der Waals surface area contributed by atoms with Crippen molar-refractivity contribution in [1.82, 2.24) is 9.47 Å². The molecule has 4 rings (SSSR count). The molecule has 0 radical (unpaired) electrons. The number of aromatic nitrogens is 1. The third kappa shape index (κ3) is 1.74. The predicted molar refractivity (Wildman–Crippen MR) is 80.0 cm³/mol. The van der Waals surface area contributed by atoms with Crippen LogP contribution in [0.1, 0.15) is 41.4 Å². The van der Waals surface area contributed by atoms with Gasteiger partial charge < -0.3 is 0 Å². The molecule has 21 heavy (non-hydrogen) atoms. The van der Waals surface area contributed by atoms with Crippen molar-refractivity contribution in [1.29, 1.82) is 5.26 Å². The lowest BCUT2D eigenvalue weighted by Crippen LogP contribution is -2.40. The summed E-state index contributed by atoms with van der Waals surface area (Å²) in [6, 6.07) is 10.8. The van der Waals surface area contributed by atoms with Gasteiger partial charge in [-0.1, -0.05) is 18.2 Å². The summed E-state index contributed by atoms with van der Waals surface area (Å²) in [4.78, 5) is 14.8. The van der Waals surface area contributed by atoms with Crippen LogP contribution >= 0.6 is 0 Å². The smallest absolute Gasteiger partial charge is 0.231 e. The van der Waals surface area contributed by atoms with Gasteiger partial charge >= 0.3 is 0 Å². The fourth-order valence-corrected chi connectivity index (χ4v) is 3.94. The van der Waals surface area contributed by atoms with Gasteiger partial charge in [0.1, 0.15) is 0 Å². The second-order valence-corrected chi connectivity index (χ2v) is 5.86. The maximum atomic E-state index is 12.4. The average molecular weight is 279 g/mol. The Balaban J connectivity index is 1.90. The zero-order valence-corrected chi connectivity index (χ0v) is 11.9. The number of nitrogens with zero attached hydrogens (tertiary/aromatic N) is 3. The lowest BCUT2D eigenvalue weighted by atomic mass is 9.92. The van der Waals surface area contributed by atoms with Crippen LogP contribution < -0.4 is 0 Å². The minimum absolute atomic E-state index is 0.214. The Bertz CT molecular complexity index is 768. The van der Waals surface area contributed by atoms with E-state index in [1.807, 2.05) is 22.8 Å². The van der Waals surface area contributed by atoms with E-state index < -0.39 is 0 Å². The van der Waals surface area contributed by atoms with E-state index in [0.29, 0.717) is 18.9 Å². The van der Waals surface area contributed by atoms with E-state index in [1.54, 1.807) is 0 Å². The van der Waals surface area contributed by atoms with Gasteiger partial charge in [-0.25, -0.2) is 0 Å². The van der Waals surface area contributed by atoms with E-state index in [1.165, 1.54) is 16.6 Å². The highest BCUT2D eigenvalue weighted by Crippen LogP contribution is 2.42. The van der Waals surface area contributed by atoms with Crippen molar-refractivity contribution < 1.29 is 4.79 Å². The first-order valence-corrected chi connectivity index (χ1v) is 7.57. The predicted octanol–water partition coefficient (Wildman–Crippen LogP) is 2.89. The van der Waals surface area contributed by atoms with Crippen molar-refractivity contribution in [3.63, 3.8) is 0 Å². The van der Waals surface area contributed by atoms with Crippen LogP contribution in [-0.2, 0) is 6.42 Å². The molecule has 0 fully saturated rings. The molecule has 1 aromatic carbocycles. The Hall–Kier alpha value is -2.12. The van der Waals surface area contributed by atoms with Crippen molar-refractivity contribution in [3.8, 4) is 6.07 Å². The van der Waals surface area contributed by atoms with Gasteiger partial charge in [-0.2, -0.15) is 5.26 Å². The summed E-state index contributed by atoms with van der Waals surface area (Å²) < 4.78 is 1.94. The van der Waals surface area contributed by atoms with Crippen LogP contribution in [0.3, 0.4) is 0 Å². The molecule has 0 aliphatic carbocycles. The van der Waals surface area contributed by atoms with Crippen LogP contribution in [0.25, 0.3) is 10.9 Å². The van der Waals surface area contributed by atoms with Crippen molar-refractivity contribution in [2.45, 2.75) is 31.7 Å². The van der Waals surface area contributed by atoms with Gasteiger partial charge in [0.15, 0.2) is 0 Å². The van der Waals surface area contributed by atoms with Crippen molar-refractivity contribution in [2.75, 3.05) is 13.1 Å². The third-order valence-electron chi connectivity index (χ3n) is 4.82. The van der Waals surface area contributed by atoms with Gasteiger partial charge in [0.05, 0.1) is 17.6 Å². The van der Waals surface area contributed by atoms with E-state index in [0.717, 1.165) is 31.4 Å². The molecule has 0 N–H and O–H groups in total. The van der Waals surface area contributed by atoms with Crippen molar-refractivity contribution in [2.24, 2.45) is 0 Å². The fourth-order valence-electron chi connectivity index (χ4n) is 3.94. The monoisotopic (exact) mass is 279 g/mol.